The van der Waals surface area contributed by atoms with Gasteiger partial charge in [0.2, 0.25) is 0 Å². The highest BCUT2D eigenvalue weighted by Crippen LogP contribution is 2.23. The van der Waals surface area contributed by atoms with Crippen molar-refractivity contribution in [3.63, 3.8) is 0 Å². The Hall–Kier alpha value is -1.42. The lowest BCUT2D eigenvalue weighted by atomic mass is 9.90. The Morgan fingerprint density at radius 3 is 2.26 bits per heavy atom. The molecule has 0 aliphatic rings. The number of aromatic hydroxyl groups is 2. The van der Waals surface area contributed by atoms with Crippen LogP contribution in [0.1, 0.15) is 37.6 Å². The molecule has 3 N–H and O–H groups in total. The molecule has 0 aliphatic carbocycles. The number of amides is 1. The van der Waals surface area contributed by atoms with Crippen molar-refractivity contribution in [3.8, 4) is 11.5 Å². The molecule has 1 aromatic rings. The number of rotatable bonds is 4. The number of alkyl halides is 1. The third-order valence-electron chi connectivity index (χ3n) is 2.48. The molecule has 5 heteroatoms. The standard InChI is InChI=1S/C14H20ClNO3/c1-14(2,3)7-10(15)8-16-13(19)9-4-11(17)6-12(18)5-9/h4-6,10,17-18H,7-8H2,1-3H3,(H,16,19). The van der Waals surface area contributed by atoms with Crippen molar-refractivity contribution in [3.05, 3.63) is 23.8 Å². The minimum atomic E-state index is -0.370. The molecule has 0 heterocycles. The van der Waals surface area contributed by atoms with Gasteiger partial charge in [0.05, 0.1) is 5.38 Å². The SMILES string of the molecule is CC(C)(C)CC(Cl)CNC(=O)c1cc(O)cc(O)c1. The van der Waals surface area contributed by atoms with E-state index < -0.39 is 0 Å². The molecule has 0 radical (unpaired) electrons. The Balaban J connectivity index is 2.56. The molecule has 0 aromatic heterocycles. The van der Waals surface area contributed by atoms with E-state index in [1.54, 1.807) is 0 Å². The van der Waals surface area contributed by atoms with Gasteiger partial charge in [0.1, 0.15) is 11.5 Å². The highest BCUT2D eigenvalue weighted by molar-refractivity contribution is 6.21. The number of carbonyl (C=O) groups excluding carboxylic acids is 1. The zero-order valence-electron chi connectivity index (χ0n) is 11.4. The van der Waals surface area contributed by atoms with Gasteiger partial charge in [-0.05, 0) is 24.0 Å². The van der Waals surface area contributed by atoms with Crippen LogP contribution >= 0.6 is 11.6 Å². The lowest BCUT2D eigenvalue weighted by Gasteiger charge is -2.22. The zero-order chi connectivity index (χ0) is 14.6. The van der Waals surface area contributed by atoms with Gasteiger partial charge in [0.25, 0.3) is 5.91 Å². The number of carbonyl (C=O) groups is 1. The lowest BCUT2D eigenvalue weighted by molar-refractivity contribution is 0.0951. The second-order valence-corrected chi connectivity index (χ2v) is 6.43. The summed E-state index contributed by atoms with van der Waals surface area (Å²) in [6.45, 7) is 6.58. The fourth-order valence-corrected chi connectivity index (χ4v) is 2.31. The van der Waals surface area contributed by atoms with Crippen LogP contribution in [0.2, 0.25) is 0 Å². The summed E-state index contributed by atoms with van der Waals surface area (Å²) in [5.74, 6) is -0.671. The second kappa shape index (κ2) is 6.15. The number of hydrogen-bond donors (Lipinski definition) is 3. The molecule has 1 atom stereocenters. The average Bonchev–Trinajstić information content (AvgIpc) is 2.22. The van der Waals surface area contributed by atoms with Crippen molar-refractivity contribution < 1.29 is 15.0 Å². The minimum Gasteiger partial charge on any atom is -0.508 e. The highest BCUT2D eigenvalue weighted by Gasteiger charge is 2.18. The molecule has 1 unspecified atom stereocenters. The van der Waals surface area contributed by atoms with Crippen LogP contribution in [0, 0.1) is 5.41 Å². The normalized spacial score (nSPS) is 13.1. The smallest absolute Gasteiger partial charge is 0.251 e. The fourth-order valence-electron chi connectivity index (χ4n) is 1.77. The monoisotopic (exact) mass is 285 g/mol. The van der Waals surface area contributed by atoms with E-state index >= 15 is 0 Å². The lowest BCUT2D eigenvalue weighted by Crippen LogP contribution is -2.31. The van der Waals surface area contributed by atoms with Gasteiger partial charge in [-0.2, -0.15) is 0 Å². The molecular formula is C14H20ClNO3. The number of benzene rings is 1. The van der Waals surface area contributed by atoms with Crippen LogP contribution in [-0.4, -0.2) is 28.0 Å². The van der Waals surface area contributed by atoms with Crippen molar-refractivity contribution in [1.82, 2.24) is 5.32 Å². The summed E-state index contributed by atoms with van der Waals surface area (Å²) in [6, 6.07) is 3.75. The van der Waals surface area contributed by atoms with E-state index in [0.29, 0.717) is 6.54 Å². The third kappa shape index (κ3) is 5.83. The van der Waals surface area contributed by atoms with Crippen LogP contribution in [0.5, 0.6) is 11.5 Å². The van der Waals surface area contributed by atoms with Crippen LogP contribution in [0.4, 0.5) is 0 Å². The van der Waals surface area contributed by atoms with Crippen LogP contribution in [0.15, 0.2) is 18.2 Å². The largest absolute Gasteiger partial charge is 0.508 e. The first-order valence-electron chi connectivity index (χ1n) is 6.13. The molecule has 0 saturated heterocycles. The average molecular weight is 286 g/mol. The molecule has 4 nitrogen and oxygen atoms in total. The molecular weight excluding hydrogens is 266 g/mol. The number of phenols is 2. The predicted octanol–water partition coefficient (Wildman–Crippen LogP) is 2.87. The summed E-state index contributed by atoms with van der Waals surface area (Å²) in [6.07, 6.45) is 0.778. The van der Waals surface area contributed by atoms with Gasteiger partial charge in [-0.25, -0.2) is 0 Å². The van der Waals surface area contributed by atoms with Gasteiger partial charge >= 0.3 is 0 Å². The maximum absolute atomic E-state index is 11.8. The first-order chi connectivity index (χ1) is 8.67. The highest BCUT2D eigenvalue weighted by atomic mass is 35.5. The number of nitrogens with one attached hydrogen (secondary N) is 1. The van der Waals surface area contributed by atoms with E-state index in [1.807, 2.05) is 0 Å². The van der Waals surface area contributed by atoms with Gasteiger partial charge in [0.15, 0.2) is 0 Å². The molecule has 0 saturated carbocycles. The molecule has 1 rings (SSSR count). The van der Waals surface area contributed by atoms with E-state index in [4.69, 9.17) is 11.6 Å². The van der Waals surface area contributed by atoms with E-state index in [-0.39, 0.29) is 33.8 Å². The Morgan fingerprint density at radius 2 is 1.79 bits per heavy atom. The first-order valence-corrected chi connectivity index (χ1v) is 6.56. The van der Waals surface area contributed by atoms with Crippen LogP contribution < -0.4 is 5.32 Å². The van der Waals surface area contributed by atoms with Gasteiger partial charge in [-0.3, -0.25) is 4.79 Å². The van der Waals surface area contributed by atoms with Crippen molar-refractivity contribution in [2.75, 3.05) is 6.54 Å². The summed E-state index contributed by atoms with van der Waals surface area (Å²) in [5, 5.41) is 21.1. The minimum absolute atomic E-state index is 0.0976. The van der Waals surface area contributed by atoms with Crippen LogP contribution in [0.25, 0.3) is 0 Å². The Labute approximate surface area is 118 Å². The van der Waals surface area contributed by atoms with Crippen LogP contribution in [0.3, 0.4) is 0 Å². The number of phenolic OH excluding ortho intramolecular Hbond substituents is 2. The maximum Gasteiger partial charge on any atom is 0.251 e. The Morgan fingerprint density at radius 1 is 1.26 bits per heavy atom. The molecule has 1 amide bonds. The van der Waals surface area contributed by atoms with Crippen molar-refractivity contribution >= 4 is 17.5 Å². The number of halogens is 1. The van der Waals surface area contributed by atoms with Gasteiger partial charge in [-0.15, -0.1) is 11.6 Å². The summed E-state index contributed by atoms with van der Waals surface area (Å²) >= 11 is 6.15. The quantitative estimate of drug-likeness (QED) is 0.745. The van der Waals surface area contributed by atoms with Crippen molar-refractivity contribution in [1.29, 1.82) is 0 Å². The molecule has 0 spiro atoms. The summed E-state index contributed by atoms with van der Waals surface area (Å²) < 4.78 is 0. The topological polar surface area (TPSA) is 69.6 Å². The summed E-state index contributed by atoms with van der Waals surface area (Å²) in [4.78, 5) is 11.8. The van der Waals surface area contributed by atoms with Crippen LogP contribution in [-0.2, 0) is 0 Å². The molecule has 0 fully saturated rings. The van der Waals surface area contributed by atoms with E-state index in [0.717, 1.165) is 6.42 Å². The fraction of sp³-hybridized carbons (Fsp3) is 0.500. The van der Waals surface area contributed by atoms with E-state index in [2.05, 4.69) is 26.1 Å². The maximum atomic E-state index is 11.8. The van der Waals surface area contributed by atoms with Gasteiger partial charge in [0, 0.05) is 18.2 Å². The molecule has 106 valence electrons. The van der Waals surface area contributed by atoms with E-state index in [9.17, 15) is 15.0 Å². The van der Waals surface area contributed by atoms with Crippen molar-refractivity contribution in [2.45, 2.75) is 32.6 Å². The zero-order valence-corrected chi connectivity index (χ0v) is 12.2. The van der Waals surface area contributed by atoms with E-state index in [1.165, 1.54) is 18.2 Å². The molecule has 19 heavy (non-hydrogen) atoms. The predicted molar refractivity (Wildman–Crippen MR) is 75.8 cm³/mol. The summed E-state index contributed by atoms with van der Waals surface area (Å²) in [7, 11) is 0. The van der Waals surface area contributed by atoms with Crippen molar-refractivity contribution in [2.24, 2.45) is 5.41 Å². The third-order valence-corrected chi connectivity index (χ3v) is 2.79. The Bertz CT molecular complexity index is 434. The first kappa shape index (κ1) is 15.6. The molecule has 0 bridgehead atoms. The van der Waals surface area contributed by atoms with Gasteiger partial charge in [-0.1, -0.05) is 20.8 Å². The molecule has 1 aromatic carbocycles. The Kier molecular flexibility index (Phi) is 5.06. The molecule has 0 aliphatic heterocycles. The van der Waals surface area contributed by atoms with Gasteiger partial charge < -0.3 is 15.5 Å². The summed E-state index contributed by atoms with van der Waals surface area (Å²) in [5.41, 5.74) is 0.303. The number of hydrogen-bond acceptors (Lipinski definition) is 3. The second-order valence-electron chi connectivity index (χ2n) is 5.81.